The lowest BCUT2D eigenvalue weighted by molar-refractivity contribution is 0.101. The van der Waals surface area contributed by atoms with E-state index in [4.69, 9.17) is 28.6 Å². The van der Waals surface area contributed by atoms with Crippen molar-refractivity contribution in [1.29, 1.82) is 0 Å². The SMILES string of the molecule is CC(C)Oc1cc(Oc2ccc(S(C)(=O)=O)cc2)cc(C(=O)Nc2ncc(CO)s2)c1.CC(CO)Oc1cc(Oc2ccc(S(C)(=O)=O)cc2)cc(C(=O)Nc2ccon2)c1. The number of sulfone groups is 2. The standard InChI is InChI=1S/C21H22N2O6S2.C20H20N2O7S/c1-13(2)28-16-8-14(20(25)23-21-22-11-18(12-24)30-21)9-17(10-16)29-15-4-6-19(7-5-15)31(3,26)27;1-13(12-23)28-16-9-14(20(24)21-19-7-8-27-22-19)10-17(11-16)29-15-3-5-18(6-4-15)30(2,25)26/h4-11,13,24H,12H2,1-3H3,(H,22,23,25);3-11,13,23H,12H2,1-2H3,(H,21,22,24). The van der Waals surface area contributed by atoms with Gasteiger partial charge in [0.05, 0.1) is 34.0 Å². The van der Waals surface area contributed by atoms with Crippen molar-refractivity contribution in [1.82, 2.24) is 10.1 Å². The van der Waals surface area contributed by atoms with Gasteiger partial charge >= 0.3 is 0 Å². The van der Waals surface area contributed by atoms with Gasteiger partial charge in [0, 0.05) is 48.0 Å². The minimum absolute atomic E-state index is 0.119. The lowest BCUT2D eigenvalue weighted by Gasteiger charge is -2.15. The van der Waals surface area contributed by atoms with Gasteiger partial charge in [-0.3, -0.25) is 14.9 Å². The van der Waals surface area contributed by atoms with E-state index in [-0.39, 0.29) is 46.2 Å². The van der Waals surface area contributed by atoms with Gasteiger partial charge in [0.1, 0.15) is 46.9 Å². The smallest absolute Gasteiger partial charge is 0.257 e. The van der Waals surface area contributed by atoms with Crippen LogP contribution in [0, 0.1) is 0 Å². The molecule has 1 unspecified atom stereocenters. The Hall–Kier alpha value is -6.32. The van der Waals surface area contributed by atoms with Crippen LogP contribution in [0.5, 0.6) is 34.5 Å². The molecule has 0 aliphatic carbocycles. The molecule has 1 atom stereocenters. The summed E-state index contributed by atoms with van der Waals surface area (Å²) in [5, 5.41) is 27.7. The number of hydrogen-bond acceptors (Lipinski definition) is 16. The van der Waals surface area contributed by atoms with Crippen molar-refractivity contribution in [3.63, 3.8) is 0 Å². The Bertz CT molecular complexity index is 2650. The van der Waals surface area contributed by atoms with Gasteiger partial charge in [-0.05, 0) is 93.6 Å². The predicted molar refractivity (Wildman–Crippen MR) is 226 cm³/mol. The summed E-state index contributed by atoms with van der Waals surface area (Å²) in [7, 11) is -6.63. The minimum atomic E-state index is -3.32. The van der Waals surface area contributed by atoms with Crippen LogP contribution in [0.25, 0.3) is 0 Å². The highest BCUT2D eigenvalue weighted by atomic mass is 32.2. The number of ether oxygens (including phenoxy) is 4. The zero-order valence-electron chi connectivity index (χ0n) is 33.4. The van der Waals surface area contributed by atoms with Crippen LogP contribution in [0.2, 0.25) is 0 Å². The number of carbonyl (C=O) groups excluding carboxylic acids is 2. The normalized spacial score (nSPS) is 11.8. The fourth-order valence-electron chi connectivity index (χ4n) is 5.06. The Morgan fingerprint density at radius 2 is 1.18 bits per heavy atom. The van der Waals surface area contributed by atoms with Crippen LogP contribution in [0.3, 0.4) is 0 Å². The van der Waals surface area contributed by atoms with Gasteiger partial charge in [-0.25, -0.2) is 21.8 Å². The van der Waals surface area contributed by atoms with Crippen LogP contribution in [0.4, 0.5) is 10.9 Å². The van der Waals surface area contributed by atoms with E-state index in [1.54, 1.807) is 31.2 Å². The van der Waals surface area contributed by atoms with Gasteiger partial charge in [-0.2, -0.15) is 0 Å². The molecule has 0 bridgehead atoms. The number of hydrogen-bond donors (Lipinski definition) is 4. The van der Waals surface area contributed by atoms with Crippen LogP contribution >= 0.6 is 11.3 Å². The largest absolute Gasteiger partial charge is 0.491 e. The van der Waals surface area contributed by atoms with Gasteiger partial charge < -0.3 is 39.0 Å². The lowest BCUT2D eigenvalue weighted by Crippen LogP contribution is -2.17. The molecular weight excluding hydrogens is 853 g/mol. The maximum absolute atomic E-state index is 12.7. The van der Waals surface area contributed by atoms with E-state index in [9.17, 15) is 31.5 Å². The average Bonchev–Trinajstić information content (AvgIpc) is 3.89. The summed E-state index contributed by atoms with van der Waals surface area (Å²) in [5.41, 5.74) is 0.519. The zero-order chi connectivity index (χ0) is 44.3. The van der Waals surface area contributed by atoms with Gasteiger partial charge in [0.25, 0.3) is 11.8 Å². The highest BCUT2D eigenvalue weighted by molar-refractivity contribution is 7.91. The van der Waals surface area contributed by atoms with Crippen molar-refractivity contribution in [3.8, 4) is 34.5 Å². The second-order valence-corrected chi connectivity index (χ2v) is 18.6. The van der Waals surface area contributed by atoms with Crippen LogP contribution in [0.1, 0.15) is 46.4 Å². The fraction of sp³-hybridized carbons (Fsp3) is 0.220. The van der Waals surface area contributed by atoms with Crippen LogP contribution in [-0.2, 0) is 26.3 Å². The predicted octanol–water partition coefficient (Wildman–Crippen LogP) is 6.75. The Balaban J connectivity index is 0.000000231. The molecule has 17 nitrogen and oxygen atoms in total. The number of aliphatic hydroxyl groups is 2. The topological polar surface area (TPSA) is 243 Å². The van der Waals surface area contributed by atoms with Crippen molar-refractivity contribution in [2.45, 2.75) is 49.4 Å². The zero-order valence-corrected chi connectivity index (χ0v) is 35.8. The van der Waals surface area contributed by atoms with E-state index in [0.717, 1.165) is 12.5 Å². The molecule has 6 aromatic rings. The van der Waals surface area contributed by atoms with E-state index in [1.807, 2.05) is 13.8 Å². The third-order valence-corrected chi connectivity index (χ3v) is 11.0. The van der Waals surface area contributed by atoms with Crippen molar-refractivity contribution in [3.05, 3.63) is 119 Å². The summed E-state index contributed by atoms with van der Waals surface area (Å²) in [6, 6.07) is 22.7. The maximum atomic E-state index is 12.7. The Morgan fingerprint density at radius 1 is 0.689 bits per heavy atom. The average molecular weight is 895 g/mol. The third-order valence-electron chi connectivity index (χ3n) is 7.84. The Labute approximate surface area is 355 Å². The number of aromatic nitrogens is 2. The van der Waals surface area contributed by atoms with Crippen molar-refractivity contribution in [2.75, 3.05) is 29.8 Å². The van der Waals surface area contributed by atoms with E-state index in [2.05, 4.69) is 20.8 Å². The van der Waals surface area contributed by atoms with E-state index in [0.29, 0.717) is 44.3 Å². The van der Waals surface area contributed by atoms with Gasteiger partial charge in [-0.15, -0.1) is 0 Å². The Morgan fingerprint density at radius 3 is 1.61 bits per heavy atom. The number of rotatable bonds is 16. The summed E-state index contributed by atoms with van der Waals surface area (Å²) in [5.74, 6) is 1.54. The molecule has 61 heavy (non-hydrogen) atoms. The van der Waals surface area contributed by atoms with Crippen LogP contribution in [0.15, 0.2) is 118 Å². The molecule has 2 heterocycles. The molecule has 0 spiro atoms. The third kappa shape index (κ3) is 13.9. The van der Waals surface area contributed by atoms with Crippen LogP contribution < -0.4 is 29.6 Å². The highest BCUT2D eigenvalue weighted by Gasteiger charge is 2.17. The summed E-state index contributed by atoms with van der Waals surface area (Å²) in [4.78, 5) is 30.3. The quantitative estimate of drug-likeness (QED) is 0.0785. The van der Waals surface area contributed by atoms with Crippen LogP contribution in [-0.4, -0.2) is 80.3 Å². The molecule has 2 aromatic heterocycles. The van der Waals surface area contributed by atoms with Crippen molar-refractivity contribution in [2.24, 2.45) is 0 Å². The number of nitrogens with one attached hydrogen (secondary N) is 2. The summed E-state index contributed by atoms with van der Waals surface area (Å²) in [6.07, 6.45) is 4.45. The molecule has 2 amide bonds. The summed E-state index contributed by atoms with van der Waals surface area (Å²) >= 11 is 1.18. The molecule has 0 aliphatic heterocycles. The van der Waals surface area contributed by atoms with E-state index >= 15 is 0 Å². The van der Waals surface area contributed by atoms with E-state index in [1.165, 1.54) is 90.5 Å². The first-order valence-electron chi connectivity index (χ1n) is 18.2. The van der Waals surface area contributed by atoms with Gasteiger partial charge in [-0.1, -0.05) is 16.5 Å². The van der Waals surface area contributed by atoms with E-state index < -0.39 is 37.6 Å². The minimum Gasteiger partial charge on any atom is -0.491 e. The van der Waals surface area contributed by atoms with Gasteiger partial charge in [0.15, 0.2) is 30.6 Å². The first kappa shape index (κ1) is 45.8. The molecule has 20 heteroatoms. The first-order chi connectivity index (χ1) is 28.9. The fourth-order valence-corrected chi connectivity index (χ4v) is 6.98. The van der Waals surface area contributed by atoms with Gasteiger partial charge in [0.2, 0.25) is 0 Å². The summed E-state index contributed by atoms with van der Waals surface area (Å²) in [6.45, 7) is 5.04. The molecule has 0 radical (unpaired) electrons. The molecule has 4 N–H and O–H groups in total. The molecule has 0 saturated heterocycles. The molecule has 0 aliphatic rings. The lowest BCUT2D eigenvalue weighted by atomic mass is 10.2. The van der Waals surface area contributed by atoms with Crippen molar-refractivity contribution < 1.29 is 60.1 Å². The number of benzene rings is 4. The number of thiazole rings is 1. The first-order valence-corrected chi connectivity index (χ1v) is 22.8. The number of aliphatic hydroxyl groups excluding tert-OH is 2. The number of nitrogens with zero attached hydrogens (tertiary/aromatic N) is 2. The number of anilines is 2. The number of amides is 2. The molecule has 4 aromatic carbocycles. The second kappa shape index (κ2) is 20.3. The Kier molecular flexibility index (Phi) is 15.2. The highest BCUT2D eigenvalue weighted by Crippen LogP contribution is 2.31. The molecular formula is C41H42N4O13S3. The second-order valence-electron chi connectivity index (χ2n) is 13.4. The number of carbonyl (C=O) groups is 2. The molecule has 0 fully saturated rings. The van der Waals surface area contributed by atoms with Crippen molar-refractivity contribution >= 4 is 53.8 Å². The molecule has 0 saturated carbocycles. The summed E-state index contributed by atoms with van der Waals surface area (Å²) < 4.78 is 74.1. The molecule has 322 valence electrons. The monoisotopic (exact) mass is 894 g/mol. The molecule has 6 rings (SSSR count). The maximum Gasteiger partial charge on any atom is 0.257 e.